The highest BCUT2D eigenvalue weighted by Crippen LogP contribution is 2.20. The predicted octanol–water partition coefficient (Wildman–Crippen LogP) is 3.95. The molecule has 2 nitrogen and oxygen atoms in total. The molecule has 0 spiro atoms. The first-order valence-corrected chi connectivity index (χ1v) is 5.69. The summed E-state index contributed by atoms with van der Waals surface area (Å²) in [5, 5.41) is 1.46. The monoisotopic (exact) mass is 240 g/mol. The second-order valence-electron chi connectivity index (χ2n) is 3.74. The Balaban J connectivity index is 2.19. The molecule has 0 saturated carbocycles. The molecular weight excluding hydrogens is 232 g/mol. The molecule has 2 heterocycles. The number of rotatable bonds is 1. The molecule has 0 atom stereocenters. The van der Waals surface area contributed by atoms with Crippen molar-refractivity contribution in [2.45, 2.75) is 0 Å². The Hall–Kier alpha value is -1.93. The lowest BCUT2D eigenvalue weighted by atomic mass is 10.1. The molecule has 0 N–H and O–H groups in total. The van der Waals surface area contributed by atoms with Crippen LogP contribution in [0.15, 0.2) is 54.6 Å². The van der Waals surface area contributed by atoms with Gasteiger partial charge < -0.3 is 0 Å². The molecule has 0 bridgehead atoms. The zero-order valence-electron chi connectivity index (χ0n) is 8.97. The van der Waals surface area contributed by atoms with Crippen LogP contribution in [-0.4, -0.2) is 9.97 Å². The molecule has 0 aliphatic heterocycles. The molecule has 0 unspecified atom stereocenters. The molecule has 17 heavy (non-hydrogen) atoms. The second-order valence-corrected chi connectivity index (χ2v) is 4.13. The zero-order valence-corrected chi connectivity index (χ0v) is 9.72. The summed E-state index contributed by atoms with van der Waals surface area (Å²) in [5.41, 5.74) is 2.67. The minimum absolute atomic E-state index is 0.468. The quantitative estimate of drug-likeness (QED) is 0.602. The maximum absolute atomic E-state index is 5.87. The van der Waals surface area contributed by atoms with E-state index in [9.17, 15) is 0 Å². The standard InChI is InChI=1S/C14H9ClN2/c15-13-9-7-11-6-8-12(16-14(11)17-13)10-4-2-1-3-5-10/h1-9H. The average molecular weight is 241 g/mol. The topological polar surface area (TPSA) is 25.8 Å². The number of fused-ring (bicyclic) bond motifs is 1. The Bertz CT molecular complexity index is 665. The summed E-state index contributed by atoms with van der Waals surface area (Å²) in [5.74, 6) is 0. The van der Waals surface area contributed by atoms with E-state index in [1.165, 1.54) is 0 Å². The first-order chi connectivity index (χ1) is 8.33. The van der Waals surface area contributed by atoms with Crippen LogP contribution in [0.25, 0.3) is 22.3 Å². The molecule has 0 fully saturated rings. The van der Waals surface area contributed by atoms with Gasteiger partial charge in [-0.25, -0.2) is 9.97 Å². The van der Waals surface area contributed by atoms with E-state index in [1.807, 2.05) is 48.5 Å². The summed E-state index contributed by atoms with van der Waals surface area (Å²) in [4.78, 5) is 8.73. The number of aromatic nitrogens is 2. The number of benzene rings is 1. The van der Waals surface area contributed by atoms with Crippen LogP contribution in [0.3, 0.4) is 0 Å². The summed E-state index contributed by atoms with van der Waals surface area (Å²) in [6, 6.07) is 17.7. The van der Waals surface area contributed by atoms with Gasteiger partial charge >= 0.3 is 0 Å². The second kappa shape index (κ2) is 4.15. The number of halogens is 1. The molecule has 2 aromatic heterocycles. The third-order valence-electron chi connectivity index (χ3n) is 2.59. The van der Waals surface area contributed by atoms with Crippen molar-refractivity contribution in [1.82, 2.24) is 9.97 Å². The van der Waals surface area contributed by atoms with Gasteiger partial charge in [-0.1, -0.05) is 41.9 Å². The van der Waals surface area contributed by atoms with Crippen molar-refractivity contribution >= 4 is 22.6 Å². The van der Waals surface area contributed by atoms with Crippen molar-refractivity contribution in [3.63, 3.8) is 0 Å². The smallest absolute Gasteiger partial charge is 0.161 e. The van der Waals surface area contributed by atoms with E-state index in [0.717, 1.165) is 16.6 Å². The highest BCUT2D eigenvalue weighted by Gasteiger charge is 2.02. The molecule has 0 aliphatic rings. The zero-order chi connectivity index (χ0) is 11.7. The highest BCUT2D eigenvalue weighted by molar-refractivity contribution is 6.29. The Labute approximate surface area is 104 Å². The van der Waals surface area contributed by atoms with Gasteiger partial charge in [0.05, 0.1) is 5.69 Å². The van der Waals surface area contributed by atoms with Gasteiger partial charge in [-0.2, -0.15) is 0 Å². The Morgan fingerprint density at radius 1 is 0.765 bits per heavy atom. The van der Waals surface area contributed by atoms with Gasteiger partial charge in [0, 0.05) is 10.9 Å². The van der Waals surface area contributed by atoms with Crippen molar-refractivity contribution in [2.24, 2.45) is 0 Å². The van der Waals surface area contributed by atoms with Crippen LogP contribution in [0, 0.1) is 0 Å². The van der Waals surface area contributed by atoms with E-state index in [0.29, 0.717) is 10.8 Å². The number of pyridine rings is 2. The summed E-state index contributed by atoms with van der Waals surface area (Å²) >= 11 is 5.87. The van der Waals surface area contributed by atoms with E-state index >= 15 is 0 Å². The molecule has 0 saturated heterocycles. The Kier molecular flexibility index (Phi) is 2.50. The van der Waals surface area contributed by atoms with Crippen LogP contribution in [0.2, 0.25) is 5.15 Å². The molecule has 0 radical (unpaired) electrons. The van der Waals surface area contributed by atoms with Crippen LogP contribution in [0.5, 0.6) is 0 Å². The maximum Gasteiger partial charge on any atom is 0.161 e. The minimum atomic E-state index is 0.468. The first kappa shape index (κ1) is 10.2. The minimum Gasteiger partial charge on any atom is -0.228 e. The fourth-order valence-corrected chi connectivity index (χ4v) is 1.89. The van der Waals surface area contributed by atoms with Crippen molar-refractivity contribution in [2.75, 3.05) is 0 Å². The van der Waals surface area contributed by atoms with Crippen LogP contribution in [0.1, 0.15) is 0 Å². The number of hydrogen-bond acceptors (Lipinski definition) is 2. The van der Waals surface area contributed by atoms with Crippen LogP contribution in [-0.2, 0) is 0 Å². The molecule has 3 heteroatoms. The van der Waals surface area contributed by atoms with Gasteiger partial charge in [-0.05, 0) is 24.3 Å². The van der Waals surface area contributed by atoms with E-state index in [4.69, 9.17) is 11.6 Å². The number of nitrogens with zero attached hydrogens (tertiary/aromatic N) is 2. The third-order valence-corrected chi connectivity index (χ3v) is 2.80. The van der Waals surface area contributed by atoms with Crippen molar-refractivity contribution < 1.29 is 0 Å². The van der Waals surface area contributed by atoms with Crippen molar-refractivity contribution in [1.29, 1.82) is 0 Å². The Morgan fingerprint density at radius 3 is 2.35 bits per heavy atom. The molecule has 3 rings (SSSR count). The predicted molar refractivity (Wildman–Crippen MR) is 70.0 cm³/mol. The lowest BCUT2D eigenvalue weighted by molar-refractivity contribution is 1.29. The van der Waals surface area contributed by atoms with E-state index in [1.54, 1.807) is 6.07 Å². The van der Waals surface area contributed by atoms with Gasteiger partial charge in [0.25, 0.3) is 0 Å². The molecule has 1 aromatic carbocycles. The number of hydrogen-bond donors (Lipinski definition) is 0. The first-order valence-electron chi connectivity index (χ1n) is 5.32. The van der Waals surface area contributed by atoms with Gasteiger partial charge in [0.2, 0.25) is 0 Å². The highest BCUT2D eigenvalue weighted by atomic mass is 35.5. The summed E-state index contributed by atoms with van der Waals surface area (Å²) in [6.45, 7) is 0. The van der Waals surface area contributed by atoms with Crippen LogP contribution in [0.4, 0.5) is 0 Å². The lowest BCUT2D eigenvalue weighted by Crippen LogP contribution is -1.88. The fourth-order valence-electron chi connectivity index (χ4n) is 1.75. The Morgan fingerprint density at radius 2 is 1.53 bits per heavy atom. The average Bonchev–Trinajstić information content (AvgIpc) is 2.39. The van der Waals surface area contributed by atoms with Gasteiger partial charge in [-0.3, -0.25) is 0 Å². The summed E-state index contributed by atoms with van der Waals surface area (Å²) in [6.07, 6.45) is 0. The molecule has 82 valence electrons. The molecule has 0 aliphatic carbocycles. The largest absolute Gasteiger partial charge is 0.228 e. The lowest BCUT2D eigenvalue weighted by Gasteiger charge is -2.02. The molecule has 0 amide bonds. The SMILES string of the molecule is Clc1ccc2ccc(-c3ccccc3)nc2n1. The van der Waals surface area contributed by atoms with Crippen molar-refractivity contribution in [3.8, 4) is 11.3 Å². The van der Waals surface area contributed by atoms with Crippen molar-refractivity contribution in [3.05, 3.63) is 59.8 Å². The fraction of sp³-hybridized carbons (Fsp3) is 0. The summed E-state index contributed by atoms with van der Waals surface area (Å²) in [7, 11) is 0. The van der Waals surface area contributed by atoms with Crippen LogP contribution < -0.4 is 0 Å². The van der Waals surface area contributed by atoms with E-state index < -0.39 is 0 Å². The summed E-state index contributed by atoms with van der Waals surface area (Å²) < 4.78 is 0. The van der Waals surface area contributed by atoms with E-state index in [-0.39, 0.29) is 0 Å². The van der Waals surface area contributed by atoms with E-state index in [2.05, 4.69) is 9.97 Å². The van der Waals surface area contributed by atoms with Gasteiger partial charge in [0.15, 0.2) is 5.65 Å². The third kappa shape index (κ3) is 1.99. The van der Waals surface area contributed by atoms with Crippen LogP contribution >= 0.6 is 11.6 Å². The maximum atomic E-state index is 5.87. The molecular formula is C14H9ClN2. The normalized spacial score (nSPS) is 10.6. The molecule has 3 aromatic rings. The van der Waals surface area contributed by atoms with Gasteiger partial charge in [-0.15, -0.1) is 0 Å². The van der Waals surface area contributed by atoms with Gasteiger partial charge in [0.1, 0.15) is 5.15 Å².